The van der Waals surface area contributed by atoms with Crippen molar-refractivity contribution < 1.29 is 9.53 Å². The van der Waals surface area contributed by atoms with Crippen molar-refractivity contribution in [2.24, 2.45) is 0 Å². The molecule has 0 spiro atoms. The van der Waals surface area contributed by atoms with Gasteiger partial charge in [0.2, 0.25) is 0 Å². The predicted molar refractivity (Wildman–Crippen MR) is 51.9 cm³/mol. The fourth-order valence-electron chi connectivity index (χ4n) is 2.03. The molecule has 1 aliphatic carbocycles. The molecule has 2 rings (SSSR count). The smallest absolute Gasteiger partial charge is 0.293 e. The SMILES string of the molecule is O=COCC1CCCc2ncccc21. The summed E-state index contributed by atoms with van der Waals surface area (Å²) in [7, 11) is 0. The van der Waals surface area contributed by atoms with E-state index in [2.05, 4.69) is 11.1 Å². The van der Waals surface area contributed by atoms with Crippen LogP contribution in [0.4, 0.5) is 0 Å². The average Bonchev–Trinajstić information content (AvgIpc) is 2.26. The number of carbonyl (C=O) groups is 1. The zero-order chi connectivity index (χ0) is 9.80. The molecule has 0 bridgehead atoms. The van der Waals surface area contributed by atoms with Gasteiger partial charge in [0.05, 0.1) is 6.61 Å². The third-order valence-electron chi connectivity index (χ3n) is 2.70. The molecule has 3 nitrogen and oxygen atoms in total. The summed E-state index contributed by atoms with van der Waals surface area (Å²) in [5, 5.41) is 0. The van der Waals surface area contributed by atoms with Crippen LogP contribution in [0.25, 0.3) is 0 Å². The summed E-state index contributed by atoms with van der Waals surface area (Å²) in [5.41, 5.74) is 2.42. The van der Waals surface area contributed by atoms with Crippen molar-refractivity contribution in [2.45, 2.75) is 25.2 Å². The number of ether oxygens (including phenoxy) is 1. The van der Waals surface area contributed by atoms with E-state index in [1.165, 1.54) is 11.3 Å². The molecule has 0 amide bonds. The maximum Gasteiger partial charge on any atom is 0.293 e. The molecule has 0 saturated heterocycles. The molecule has 1 aromatic rings. The molecule has 0 aliphatic heterocycles. The zero-order valence-corrected chi connectivity index (χ0v) is 7.98. The number of fused-ring (bicyclic) bond motifs is 1. The summed E-state index contributed by atoms with van der Waals surface area (Å²) >= 11 is 0. The number of aromatic nitrogens is 1. The molecule has 1 unspecified atom stereocenters. The van der Waals surface area contributed by atoms with E-state index in [0.717, 1.165) is 19.3 Å². The van der Waals surface area contributed by atoms with Crippen LogP contribution in [-0.2, 0) is 16.0 Å². The number of pyridine rings is 1. The number of hydrogen-bond acceptors (Lipinski definition) is 3. The molecule has 1 atom stereocenters. The lowest BCUT2D eigenvalue weighted by atomic mass is 9.86. The molecular weight excluding hydrogens is 178 g/mol. The maximum atomic E-state index is 10.1. The van der Waals surface area contributed by atoms with Gasteiger partial charge in [-0.05, 0) is 30.9 Å². The van der Waals surface area contributed by atoms with Gasteiger partial charge in [-0.3, -0.25) is 9.78 Å². The van der Waals surface area contributed by atoms with Gasteiger partial charge in [0, 0.05) is 17.8 Å². The van der Waals surface area contributed by atoms with E-state index in [9.17, 15) is 4.79 Å². The minimum absolute atomic E-state index is 0.345. The molecular formula is C11H13NO2. The Morgan fingerprint density at radius 3 is 3.43 bits per heavy atom. The van der Waals surface area contributed by atoms with Crippen molar-refractivity contribution in [1.82, 2.24) is 4.98 Å². The van der Waals surface area contributed by atoms with Crippen molar-refractivity contribution in [2.75, 3.05) is 6.61 Å². The summed E-state index contributed by atoms with van der Waals surface area (Å²) < 4.78 is 4.82. The van der Waals surface area contributed by atoms with Crippen LogP contribution >= 0.6 is 0 Å². The highest BCUT2D eigenvalue weighted by Gasteiger charge is 2.20. The molecule has 1 heterocycles. The first-order chi connectivity index (χ1) is 6.92. The standard InChI is InChI=1S/C11H13NO2/c13-8-14-7-9-3-1-5-11-10(9)4-2-6-12-11/h2,4,6,8-9H,1,3,5,7H2. The monoisotopic (exact) mass is 191 g/mol. The Balaban J connectivity index is 2.17. The van der Waals surface area contributed by atoms with Gasteiger partial charge in [0.25, 0.3) is 6.47 Å². The Bertz CT molecular complexity index is 325. The molecule has 14 heavy (non-hydrogen) atoms. The quantitative estimate of drug-likeness (QED) is 0.682. The third kappa shape index (κ3) is 1.76. The lowest BCUT2D eigenvalue weighted by Crippen LogP contribution is -2.15. The summed E-state index contributed by atoms with van der Waals surface area (Å²) in [6, 6.07) is 4.03. The lowest BCUT2D eigenvalue weighted by Gasteiger charge is -2.23. The maximum absolute atomic E-state index is 10.1. The summed E-state index contributed by atoms with van der Waals surface area (Å²) in [6.07, 6.45) is 5.10. The predicted octanol–water partition coefficient (Wildman–Crippen LogP) is 1.67. The van der Waals surface area contributed by atoms with E-state index in [4.69, 9.17) is 4.74 Å². The van der Waals surface area contributed by atoms with Crippen molar-refractivity contribution in [3.05, 3.63) is 29.6 Å². The van der Waals surface area contributed by atoms with Crippen LogP contribution in [-0.4, -0.2) is 18.1 Å². The Kier molecular flexibility index (Phi) is 2.77. The minimum Gasteiger partial charge on any atom is -0.467 e. The average molecular weight is 191 g/mol. The van der Waals surface area contributed by atoms with Crippen LogP contribution in [0.1, 0.15) is 30.0 Å². The fourth-order valence-corrected chi connectivity index (χ4v) is 2.03. The molecule has 0 aromatic carbocycles. The van der Waals surface area contributed by atoms with Gasteiger partial charge in [-0.25, -0.2) is 0 Å². The topological polar surface area (TPSA) is 39.2 Å². The molecule has 1 aromatic heterocycles. The molecule has 1 aliphatic rings. The van der Waals surface area contributed by atoms with Crippen molar-refractivity contribution in [1.29, 1.82) is 0 Å². The first-order valence-corrected chi connectivity index (χ1v) is 4.91. The highest BCUT2D eigenvalue weighted by Crippen LogP contribution is 2.29. The van der Waals surface area contributed by atoms with Crippen LogP contribution in [0.3, 0.4) is 0 Å². The van der Waals surface area contributed by atoms with Gasteiger partial charge in [-0.2, -0.15) is 0 Å². The fraction of sp³-hybridized carbons (Fsp3) is 0.455. The Labute approximate surface area is 83.1 Å². The van der Waals surface area contributed by atoms with E-state index in [1.54, 1.807) is 0 Å². The van der Waals surface area contributed by atoms with E-state index in [0.29, 0.717) is 19.0 Å². The van der Waals surface area contributed by atoms with Crippen molar-refractivity contribution in [3.8, 4) is 0 Å². The highest BCUT2D eigenvalue weighted by atomic mass is 16.5. The number of aryl methyl sites for hydroxylation is 1. The van der Waals surface area contributed by atoms with E-state index < -0.39 is 0 Å². The van der Waals surface area contributed by atoms with Crippen LogP contribution in [0.5, 0.6) is 0 Å². The van der Waals surface area contributed by atoms with Gasteiger partial charge >= 0.3 is 0 Å². The van der Waals surface area contributed by atoms with Crippen LogP contribution in [0.2, 0.25) is 0 Å². The number of nitrogens with zero attached hydrogens (tertiary/aromatic N) is 1. The van der Waals surface area contributed by atoms with Gasteiger partial charge in [0.1, 0.15) is 0 Å². The number of rotatable bonds is 3. The molecule has 74 valence electrons. The summed E-state index contributed by atoms with van der Waals surface area (Å²) in [6.45, 7) is 1.01. The molecule has 0 radical (unpaired) electrons. The number of hydrogen-bond donors (Lipinski definition) is 0. The minimum atomic E-state index is 0.345. The summed E-state index contributed by atoms with van der Waals surface area (Å²) in [5.74, 6) is 0.345. The highest BCUT2D eigenvalue weighted by molar-refractivity contribution is 5.37. The zero-order valence-electron chi connectivity index (χ0n) is 7.98. The molecule has 0 saturated carbocycles. The van der Waals surface area contributed by atoms with Crippen LogP contribution < -0.4 is 0 Å². The Morgan fingerprint density at radius 2 is 2.57 bits per heavy atom. The van der Waals surface area contributed by atoms with E-state index in [-0.39, 0.29) is 0 Å². The van der Waals surface area contributed by atoms with Crippen molar-refractivity contribution >= 4 is 6.47 Å². The lowest BCUT2D eigenvalue weighted by molar-refractivity contribution is -0.129. The van der Waals surface area contributed by atoms with Gasteiger partial charge in [0.15, 0.2) is 0 Å². The normalized spacial score (nSPS) is 19.9. The van der Waals surface area contributed by atoms with Gasteiger partial charge in [-0.1, -0.05) is 6.07 Å². The second kappa shape index (κ2) is 4.22. The molecule has 0 fully saturated rings. The Morgan fingerprint density at radius 1 is 1.64 bits per heavy atom. The van der Waals surface area contributed by atoms with Crippen molar-refractivity contribution in [3.63, 3.8) is 0 Å². The summed E-state index contributed by atoms with van der Waals surface area (Å²) in [4.78, 5) is 14.5. The third-order valence-corrected chi connectivity index (χ3v) is 2.70. The van der Waals surface area contributed by atoms with Gasteiger partial charge in [-0.15, -0.1) is 0 Å². The Hall–Kier alpha value is -1.38. The number of carbonyl (C=O) groups excluding carboxylic acids is 1. The van der Waals surface area contributed by atoms with E-state index in [1.807, 2.05) is 12.3 Å². The first-order valence-electron chi connectivity index (χ1n) is 4.91. The second-order valence-corrected chi connectivity index (χ2v) is 3.56. The second-order valence-electron chi connectivity index (χ2n) is 3.56. The first kappa shape index (κ1) is 9.19. The molecule has 0 N–H and O–H groups in total. The van der Waals surface area contributed by atoms with Crippen LogP contribution in [0.15, 0.2) is 18.3 Å². The van der Waals surface area contributed by atoms with E-state index >= 15 is 0 Å². The molecule has 3 heteroatoms. The van der Waals surface area contributed by atoms with Crippen LogP contribution in [0, 0.1) is 0 Å². The largest absolute Gasteiger partial charge is 0.467 e. The van der Waals surface area contributed by atoms with Gasteiger partial charge < -0.3 is 4.74 Å².